The van der Waals surface area contributed by atoms with Crippen molar-refractivity contribution in [3.63, 3.8) is 0 Å². The van der Waals surface area contributed by atoms with E-state index in [1.54, 1.807) is 67.6 Å². The number of carbonyl (C=O) groups is 2. The normalized spacial score (nSPS) is 12.4. The Morgan fingerprint density at radius 3 is 2.67 bits per heavy atom. The number of ether oxygens (including phenoxy) is 3. The number of nitrogens with zero attached hydrogens (tertiary/aromatic N) is 1. The second-order valence-electron chi connectivity index (χ2n) is 7.46. The summed E-state index contributed by atoms with van der Waals surface area (Å²) < 4.78 is 16.8. The monoisotopic (exact) mass is 551 g/mol. The van der Waals surface area contributed by atoms with Crippen LogP contribution in [0, 0.1) is 0 Å². The van der Waals surface area contributed by atoms with Crippen LogP contribution in [0.25, 0.3) is 6.08 Å². The molecule has 0 radical (unpaired) electrons. The first-order valence-electron chi connectivity index (χ1n) is 10.9. The van der Waals surface area contributed by atoms with E-state index in [9.17, 15) is 14.7 Å². The minimum absolute atomic E-state index is 0.0478. The van der Waals surface area contributed by atoms with E-state index in [4.69, 9.17) is 14.2 Å². The average molecular weight is 552 g/mol. The zero-order chi connectivity index (χ0) is 25.5. The smallest absolute Gasteiger partial charge is 0.287 e. The molecule has 0 atom stereocenters. The molecule has 3 aromatic carbocycles. The standard InChI is InChI=1S/C26H22BrN3O6/c1-2-34-23-13-19(27)12-18(24(23)31)14-28-30-26(33)20(29-25(32)17-6-4-3-5-7-17)10-16-8-9-21-22(11-16)36-15-35-21/h3-14,31H,2,15H2,1H3,(H,29,32)(H,30,33). The number of hydrogen-bond donors (Lipinski definition) is 3. The van der Waals surface area contributed by atoms with Crippen molar-refractivity contribution in [3.8, 4) is 23.0 Å². The molecule has 0 fully saturated rings. The first-order chi connectivity index (χ1) is 17.4. The van der Waals surface area contributed by atoms with Crippen molar-refractivity contribution in [1.29, 1.82) is 0 Å². The Morgan fingerprint density at radius 2 is 1.89 bits per heavy atom. The number of carbonyl (C=O) groups excluding carboxylic acids is 2. The first-order valence-corrected chi connectivity index (χ1v) is 11.7. The fraction of sp³-hybridized carbons (Fsp3) is 0.115. The second kappa shape index (κ2) is 11.4. The molecule has 0 unspecified atom stereocenters. The van der Waals surface area contributed by atoms with Crippen LogP contribution >= 0.6 is 15.9 Å². The maximum Gasteiger partial charge on any atom is 0.287 e. The van der Waals surface area contributed by atoms with Crippen LogP contribution in [-0.4, -0.2) is 36.5 Å². The molecule has 0 saturated carbocycles. The predicted molar refractivity (Wildman–Crippen MR) is 137 cm³/mol. The van der Waals surface area contributed by atoms with Gasteiger partial charge in [-0.25, -0.2) is 5.43 Å². The molecule has 2 amide bonds. The van der Waals surface area contributed by atoms with Gasteiger partial charge < -0.3 is 24.6 Å². The van der Waals surface area contributed by atoms with Gasteiger partial charge in [0.25, 0.3) is 11.8 Å². The fourth-order valence-corrected chi connectivity index (χ4v) is 3.75. The zero-order valence-corrected chi connectivity index (χ0v) is 20.7. The summed E-state index contributed by atoms with van der Waals surface area (Å²) in [6.07, 6.45) is 2.77. The summed E-state index contributed by atoms with van der Waals surface area (Å²) in [7, 11) is 0. The highest BCUT2D eigenvalue weighted by Gasteiger charge is 2.17. The van der Waals surface area contributed by atoms with Crippen LogP contribution in [0.3, 0.4) is 0 Å². The fourth-order valence-electron chi connectivity index (χ4n) is 3.29. The minimum atomic E-state index is -0.673. The van der Waals surface area contributed by atoms with E-state index in [1.165, 1.54) is 12.3 Å². The van der Waals surface area contributed by atoms with E-state index >= 15 is 0 Å². The lowest BCUT2D eigenvalue weighted by molar-refractivity contribution is -0.117. The summed E-state index contributed by atoms with van der Waals surface area (Å²) in [4.78, 5) is 25.7. The molecule has 184 valence electrons. The highest BCUT2D eigenvalue weighted by Crippen LogP contribution is 2.34. The van der Waals surface area contributed by atoms with E-state index < -0.39 is 11.8 Å². The molecular weight excluding hydrogens is 530 g/mol. The van der Waals surface area contributed by atoms with Gasteiger partial charge in [-0.3, -0.25) is 9.59 Å². The number of nitrogens with one attached hydrogen (secondary N) is 2. The van der Waals surface area contributed by atoms with Gasteiger partial charge in [0.15, 0.2) is 23.0 Å². The van der Waals surface area contributed by atoms with Gasteiger partial charge in [-0.2, -0.15) is 5.10 Å². The van der Waals surface area contributed by atoms with Crippen molar-refractivity contribution in [2.45, 2.75) is 6.92 Å². The van der Waals surface area contributed by atoms with E-state index in [1.807, 2.05) is 0 Å². The summed E-state index contributed by atoms with van der Waals surface area (Å²) in [5.74, 6) is 0.146. The van der Waals surface area contributed by atoms with Crippen molar-refractivity contribution in [1.82, 2.24) is 10.7 Å². The van der Waals surface area contributed by atoms with Crippen molar-refractivity contribution in [2.24, 2.45) is 5.10 Å². The van der Waals surface area contributed by atoms with Crippen LogP contribution in [0.5, 0.6) is 23.0 Å². The Labute approximate surface area is 215 Å². The van der Waals surface area contributed by atoms with E-state index in [-0.39, 0.29) is 24.0 Å². The molecule has 10 heteroatoms. The molecule has 9 nitrogen and oxygen atoms in total. The van der Waals surface area contributed by atoms with Crippen molar-refractivity contribution < 1.29 is 28.9 Å². The average Bonchev–Trinajstić information content (AvgIpc) is 3.35. The number of amides is 2. The number of phenols is 1. The predicted octanol–water partition coefficient (Wildman–Crippen LogP) is 4.20. The van der Waals surface area contributed by atoms with Crippen LogP contribution in [0.4, 0.5) is 0 Å². The third-order valence-corrected chi connectivity index (χ3v) is 5.43. The zero-order valence-electron chi connectivity index (χ0n) is 19.2. The molecule has 0 aliphatic carbocycles. The highest BCUT2D eigenvalue weighted by atomic mass is 79.9. The van der Waals surface area contributed by atoms with Crippen LogP contribution in [0.2, 0.25) is 0 Å². The molecule has 0 bridgehead atoms. The number of fused-ring (bicyclic) bond motifs is 1. The Hall–Kier alpha value is -4.31. The first kappa shape index (κ1) is 24.8. The summed E-state index contributed by atoms with van der Waals surface area (Å²) in [5.41, 5.74) is 3.64. The molecule has 3 aromatic rings. The van der Waals surface area contributed by atoms with Gasteiger partial charge in [-0.1, -0.05) is 40.2 Å². The molecule has 0 saturated heterocycles. The van der Waals surface area contributed by atoms with Gasteiger partial charge in [-0.15, -0.1) is 0 Å². The summed E-state index contributed by atoms with van der Waals surface area (Å²) in [6, 6.07) is 16.9. The Bertz CT molecular complexity index is 1340. The lowest BCUT2D eigenvalue weighted by Gasteiger charge is -2.10. The molecule has 0 aromatic heterocycles. The van der Waals surface area contributed by atoms with Crippen LogP contribution < -0.4 is 25.0 Å². The third-order valence-electron chi connectivity index (χ3n) is 4.98. The van der Waals surface area contributed by atoms with Crippen molar-refractivity contribution in [2.75, 3.05) is 13.4 Å². The molecule has 4 rings (SSSR count). The molecule has 1 aliphatic rings. The number of benzene rings is 3. The van der Waals surface area contributed by atoms with E-state index in [0.717, 1.165) is 0 Å². The maximum absolute atomic E-state index is 13.0. The SMILES string of the molecule is CCOc1cc(Br)cc(C=NNC(=O)C(=Cc2ccc3c(c2)OCO3)NC(=O)c2ccccc2)c1O. The number of phenolic OH excluding ortho intramolecular Hbond substituents is 1. The topological polar surface area (TPSA) is 118 Å². The lowest BCUT2D eigenvalue weighted by Crippen LogP contribution is -2.32. The molecular formula is C26H22BrN3O6. The minimum Gasteiger partial charge on any atom is -0.504 e. The Kier molecular flexibility index (Phi) is 7.86. The van der Waals surface area contributed by atoms with Crippen molar-refractivity contribution >= 4 is 40.0 Å². The second-order valence-corrected chi connectivity index (χ2v) is 8.38. The summed E-state index contributed by atoms with van der Waals surface area (Å²) >= 11 is 3.35. The van der Waals surface area contributed by atoms with Gasteiger partial charge in [0, 0.05) is 15.6 Å². The Balaban J connectivity index is 1.57. The van der Waals surface area contributed by atoms with Gasteiger partial charge in [0.2, 0.25) is 6.79 Å². The Morgan fingerprint density at radius 1 is 1.11 bits per heavy atom. The van der Waals surface area contributed by atoms with Crippen LogP contribution in [-0.2, 0) is 4.79 Å². The van der Waals surface area contributed by atoms with Gasteiger partial charge >= 0.3 is 0 Å². The van der Waals surface area contributed by atoms with Crippen LogP contribution in [0.1, 0.15) is 28.4 Å². The third kappa shape index (κ3) is 6.02. The largest absolute Gasteiger partial charge is 0.504 e. The molecule has 36 heavy (non-hydrogen) atoms. The summed E-state index contributed by atoms with van der Waals surface area (Å²) in [5, 5.41) is 17.0. The number of hydrogen-bond acceptors (Lipinski definition) is 7. The maximum atomic E-state index is 13.0. The molecule has 1 aliphatic heterocycles. The van der Waals surface area contributed by atoms with Crippen molar-refractivity contribution in [3.05, 3.63) is 87.5 Å². The van der Waals surface area contributed by atoms with E-state index in [2.05, 4.69) is 31.8 Å². The van der Waals surface area contributed by atoms with Gasteiger partial charge in [-0.05, 0) is 55.0 Å². The molecule has 1 heterocycles. The van der Waals surface area contributed by atoms with E-state index in [0.29, 0.717) is 39.3 Å². The number of halogens is 1. The van der Waals surface area contributed by atoms with Crippen LogP contribution in [0.15, 0.2) is 75.9 Å². The quantitative estimate of drug-likeness (QED) is 0.219. The van der Waals surface area contributed by atoms with Gasteiger partial charge in [0.1, 0.15) is 5.70 Å². The molecule has 0 spiro atoms. The number of aromatic hydroxyl groups is 1. The summed E-state index contributed by atoms with van der Waals surface area (Å²) in [6.45, 7) is 2.28. The number of hydrazone groups is 1. The highest BCUT2D eigenvalue weighted by molar-refractivity contribution is 9.10. The number of rotatable bonds is 8. The molecule has 3 N–H and O–H groups in total. The lowest BCUT2D eigenvalue weighted by atomic mass is 10.1. The van der Waals surface area contributed by atoms with Gasteiger partial charge in [0.05, 0.1) is 12.8 Å².